The van der Waals surface area contributed by atoms with Gasteiger partial charge in [-0.05, 0) is 41.5 Å². The Bertz CT molecular complexity index is 312. The highest BCUT2D eigenvalue weighted by molar-refractivity contribution is 4.66. The fourth-order valence-corrected chi connectivity index (χ4v) is 2.70. The van der Waals surface area contributed by atoms with Crippen molar-refractivity contribution < 1.29 is 43.7 Å². The second-order valence-electron chi connectivity index (χ2n) is 6.14. The predicted molar refractivity (Wildman–Crippen MR) is 101 cm³/mol. The molecule has 0 bridgehead atoms. The molecule has 0 amide bonds. The molecule has 6 unspecified atom stereocenters. The van der Waals surface area contributed by atoms with Crippen LogP contribution in [-0.2, 0) is 28.4 Å². The molecule has 0 saturated carbocycles. The van der Waals surface area contributed by atoms with Crippen LogP contribution in [0.5, 0.6) is 0 Å². The summed E-state index contributed by atoms with van der Waals surface area (Å²) in [6.07, 6.45) is -3.03. The van der Waals surface area contributed by atoms with Crippen LogP contribution >= 0.6 is 0 Å². The van der Waals surface area contributed by atoms with Gasteiger partial charge in [-0.15, -0.1) is 0 Å². The van der Waals surface area contributed by atoms with Crippen molar-refractivity contribution in [3.63, 3.8) is 0 Å². The van der Waals surface area contributed by atoms with Crippen LogP contribution in [0.1, 0.15) is 41.5 Å². The zero-order valence-corrected chi connectivity index (χ0v) is 17.9. The molecular formula is C18H39NO9. The van der Waals surface area contributed by atoms with E-state index in [1.54, 1.807) is 20.8 Å². The third-order valence-electron chi connectivity index (χ3n) is 3.76. The Hall–Kier alpha value is -0.400. The van der Waals surface area contributed by atoms with E-state index in [1.807, 2.05) is 25.7 Å². The molecule has 3 N–H and O–H groups in total. The maximum absolute atomic E-state index is 8.88. The Morgan fingerprint density at radius 3 is 1.00 bits per heavy atom. The number of rotatable bonds is 18. The van der Waals surface area contributed by atoms with E-state index < -0.39 is 37.6 Å². The molecule has 170 valence electrons. The molecule has 0 saturated heterocycles. The topological polar surface area (TPSA) is 119 Å². The molecule has 6 atom stereocenters. The SMILES string of the molecule is CC(OCCO)OC(C)N(C(C)OC(C)OCCO)C(C)OC(C)OCCO. The smallest absolute Gasteiger partial charge is 0.156 e. The number of hydrogen-bond acceptors (Lipinski definition) is 10. The Morgan fingerprint density at radius 1 is 0.536 bits per heavy atom. The summed E-state index contributed by atoms with van der Waals surface area (Å²) in [7, 11) is 0. The van der Waals surface area contributed by atoms with Crippen molar-refractivity contribution in [2.45, 2.75) is 79.1 Å². The lowest BCUT2D eigenvalue weighted by atomic mass is 10.4. The summed E-state index contributed by atoms with van der Waals surface area (Å²) in [5.41, 5.74) is 0. The van der Waals surface area contributed by atoms with Crippen molar-refractivity contribution >= 4 is 0 Å². The number of hydrogen-bond donors (Lipinski definition) is 3. The van der Waals surface area contributed by atoms with Crippen LogP contribution in [0.3, 0.4) is 0 Å². The highest BCUT2D eigenvalue weighted by Crippen LogP contribution is 2.19. The Kier molecular flexibility index (Phi) is 16.2. The zero-order valence-electron chi connectivity index (χ0n) is 17.9. The standard InChI is InChI=1S/C18H39NO9/c1-13(26-16(4)23-10-7-20)19(14(2)27-17(5)24-11-8-21)15(3)28-18(6)25-12-9-22/h13-18,20-22H,7-12H2,1-6H3. The minimum absolute atomic E-state index is 0.0930. The average molecular weight is 414 g/mol. The monoisotopic (exact) mass is 413 g/mol. The van der Waals surface area contributed by atoms with Gasteiger partial charge in [-0.1, -0.05) is 0 Å². The van der Waals surface area contributed by atoms with Gasteiger partial charge in [0.25, 0.3) is 0 Å². The summed E-state index contributed by atoms with van der Waals surface area (Å²) in [5.74, 6) is 0. The van der Waals surface area contributed by atoms with Crippen LogP contribution in [0, 0.1) is 0 Å². The zero-order chi connectivity index (χ0) is 21.5. The minimum atomic E-state index is -0.546. The van der Waals surface area contributed by atoms with E-state index in [-0.39, 0.29) is 39.6 Å². The third kappa shape index (κ3) is 12.2. The molecule has 0 spiro atoms. The van der Waals surface area contributed by atoms with Crippen molar-refractivity contribution in [2.75, 3.05) is 39.6 Å². The third-order valence-corrected chi connectivity index (χ3v) is 3.76. The molecule has 10 nitrogen and oxygen atoms in total. The lowest BCUT2D eigenvalue weighted by Gasteiger charge is -2.40. The number of aliphatic hydroxyl groups is 3. The van der Waals surface area contributed by atoms with Gasteiger partial charge in [0, 0.05) is 0 Å². The first-order valence-electron chi connectivity index (χ1n) is 9.67. The fourth-order valence-electron chi connectivity index (χ4n) is 2.70. The summed E-state index contributed by atoms with van der Waals surface area (Å²) in [6, 6.07) is 0. The van der Waals surface area contributed by atoms with E-state index >= 15 is 0 Å². The summed E-state index contributed by atoms with van der Waals surface area (Å²) in [4.78, 5) is 1.83. The van der Waals surface area contributed by atoms with Gasteiger partial charge < -0.3 is 43.7 Å². The second-order valence-corrected chi connectivity index (χ2v) is 6.14. The van der Waals surface area contributed by atoms with Gasteiger partial charge >= 0.3 is 0 Å². The molecule has 10 heteroatoms. The Labute approximate surface area is 168 Å². The molecule has 0 heterocycles. The normalized spacial score (nSPS) is 18.6. The molecule has 0 aliphatic rings. The molecule has 0 aromatic carbocycles. The molecular weight excluding hydrogens is 374 g/mol. The molecule has 0 fully saturated rings. The summed E-state index contributed by atoms with van der Waals surface area (Å²) in [6.45, 7) is 10.9. The summed E-state index contributed by atoms with van der Waals surface area (Å²) in [5, 5.41) is 26.6. The molecule has 0 aromatic rings. The minimum Gasteiger partial charge on any atom is -0.394 e. The van der Waals surface area contributed by atoms with Crippen molar-refractivity contribution in [1.82, 2.24) is 4.90 Å². The lowest BCUT2D eigenvalue weighted by molar-refractivity contribution is -0.298. The van der Waals surface area contributed by atoms with E-state index in [9.17, 15) is 0 Å². The second kappa shape index (κ2) is 16.4. The Morgan fingerprint density at radius 2 is 0.786 bits per heavy atom. The molecule has 0 aromatic heterocycles. The van der Waals surface area contributed by atoms with Gasteiger partial charge in [0.2, 0.25) is 0 Å². The Balaban J connectivity index is 5.01. The molecule has 0 aliphatic heterocycles. The maximum atomic E-state index is 8.88. The predicted octanol–water partition coefficient (Wildman–Crippen LogP) is 0.441. The maximum Gasteiger partial charge on any atom is 0.156 e. The quantitative estimate of drug-likeness (QED) is 0.273. The van der Waals surface area contributed by atoms with Crippen molar-refractivity contribution in [2.24, 2.45) is 0 Å². The van der Waals surface area contributed by atoms with Crippen molar-refractivity contribution in [1.29, 1.82) is 0 Å². The highest BCUT2D eigenvalue weighted by atomic mass is 16.7. The number of ether oxygens (including phenoxy) is 6. The largest absolute Gasteiger partial charge is 0.394 e. The number of nitrogens with zero attached hydrogens (tertiary/aromatic N) is 1. The van der Waals surface area contributed by atoms with E-state index in [0.717, 1.165) is 0 Å². The van der Waals surface area contributed by atoms with Gasteiger partial charge in [0.1, 0.15) is 18.7 Å². The van der Waals surface area contributed by atoms with Gasteiger partial charge in [-0.3, -0.25) is 0 Å². The summed E-state index contributed by atoms with van der Waals surface area (Å²) >= 11 is 0. The van der Waals surface area contributed by atoms with Gasteiger partial charge in [0.15, 0.2) is 18.9 Å². The van der Waals surface area contributed by atoms with Crippen LogP contribution in [0.2, 0.25) is 0 Å². The van der Waals surface area contributed by atoms with E-state index in [0.29, 0.717) is 0 Å². The van der Waals surface area contributed by atoms with Crippen LogP contribution in [0.15, 0.2) is 0 Å². The molecule has 0 radical (unpaired) electrons. The van der Waals surface area contributed by atoms with Gasteiger partial charge in [0.05, 0.1) is 39.6 Å². The molecule has 28 heavy (non-hydrogen) atoms. The van der Waals surface area contributed by atoms with Gasteiger partial charge in [-0.2, -0.15) is 0 Å². The first-order valence-corrected chi connectivity index (χ1v) is 9.67. The highest BCUT2D eigenvalue weighted by Gasteiger charge is 2.31. The van der Waals surface area contributed by atoms with Crippen LogP contribution < -0.4 is 0 Å². The number of aliphatic hydroxyl groups excluding tert-OH is 3. The van der Waals surface area contributed by atoms with E-state index in [4.69, 9.17) is 43.7 Å². The van der Waals surface area contributed by atoms with Gasteiger partial charge in [-0.25, -0.2) is 4.90 Å². The lowest BCUT2D eigenvalue weighted by Crippen LogP contribution is -2.52. The fraction of sp³-hybridized carbons (Fsp3) is 1.00. The first-order chi connectivity index (χ1) is 13.3. The first kappa shape index (κ1) is 27.6. The van der Waals surface area contributed by atoms with Crippen LogP contribution in [0.4, 0.5) is 0 Å². The molecule has 0 rings (SSSR count). The van der Waals surface area contributed by atoms with E-state index in [2.05, 4.69) is 0 Å². The van der Waals surface area contributed by atoms with Crippen LogP contribution in [-0.4, -0.2) is 97.4 Å². The van der Waals surface area contributed by atoms with E-state index in [1.165, 1.54) is 0 Å². The average Bonchev–Trinajstić information content (AvgIpc) is 2.62. The van der Waals surface area contributed by atoms with Crippen molar-refractivity contribution in [3.05, 3.63) is 0 Å². The van der Waals surface area contributed by atoms with Crippen LogP contribution in [0.25, 0.3) is 0 Å². The molecule has 0 aliphatic carbocycles. The van der Waals surface area contributed by atoms with Crippen molar-refractivity contribution in [3.8, 4) is 0 Å². The summed E-state index contributed by atoms with van der Waals surface area (Å²) < 4.78 is 33.6.